The summed E-state index contributed by atoms with van der Waals surface area (Å²) in [6.07, 6.45) is 1.48. The summed E-state index contributed by atoms with van der Waals surface area (Å²) in [5.74, 6) is 0.810. The van der Waals surface area contributed by atoms with E-state index in [1.807, 2.05) is 0 Å². The highest BCUT2D eigenvalue weighted by Crippen LogP contribution is 2.20. The lowest BCUT2D eigenvalue weighted by Crippen LogP contribution is -2.51. The SMILES string of the molecule is CC1CN(C)CCN1c1nc[nH]c(=O)c1I. The van der Waals surface area contributed by atoms with E-state index in [0.717, 1.165) is 25.5 Å². The standard InChI is InChI=1S/C10H15IN4O/c1-7-5-14(2)3-4-15(7)9-8(11)10(16)13-6-12-9/h6-7H,3-5H2,1-2H3,(H,12,13,16). The zero-order valence-corrected chi connectivity index (χ0v) is 11.6. The van der Waals surface area contributed by atoms with Gasteiger partial charge in [-0.05, 0) is 36.6 Å². The zero-order valence-electron chi connectivity index (χ0n) is 9.40. The van der Waals surface area contributed by atoms with Gasteiger partial charge in [-0.15, -0.1) is 0 Å². The van der Waals surface area contributed by atoms with Crippen LogP contribution in [0.4, 0.5) is 5.82 Å². The largest absolute Gasteiger partial charge is 0.350 e. The molecule has 1 atom stereocenters. The van der Waals surface area contributed by atoms with Crippen molar-refractivity contribution >= 4 is 28.4 Å². The van der Waals surface area contributed by atoms with E-state index >= 15 is 0 Å². The van der Waals surface area contributed by atoms with Crippen LogP contribution in [0.2, 0.25) is 0 Å². The Kier molecular flexibility index (Phi) is 3.48. The van der Waals surface area contributed by atoms with Gasteiger partial charge in [0.2, 0.25) is 0 Å². The third kappa shape index (κ3) is 2.22. The molecule has 1 aromatic heterocycles. The minimum Gasteiger partial charge on any atom is -0.350 e. The summed E-state index contributed by atoms with van der Waals surface area (Å²) in [7, 11) is 2.12. The molecule has 1 saturated heterocycles. The van der Waals surface area contributed by atoms with Gasteiger partial charge >= 0.3 is 0 Å². The van der Waals surface area contributed by atoms with Gasteiger partial charge in [0.1, 0.15) is 9.39 Å². The minimum absolute atomic E-state index is 0.0586. The van der Waals surface area contributed by atoms with E-state index in [1.165, 1.54) is 6.33 Å². The van der Waals surface area contributed by atoms with Crippen molar-refractivity contribution in [1.29, 1.82) is 0 Å². The van der Waals surface area contributed by atoms with Crippen LogP contribution in [0, 0.1) is 3.57 Å². The molecule has 88 valence electrons. The van der Waals surface area contributed by atoms with E-state index in [-0.39, 0.29) is 5.56 Å². The quantitative estimate of drug-likeness (QED) is 0.761. The Morgan fingerprint density at radius 1 is 1.56 bits per heavy atom. The van der Waals surface area contributed by atoms with Gasteiger partial charge in [0.25, 0.3) is 5.56 Å². The van der Waals surface area contributed by atoms with E-state index in [0.29, 0.717) is 9.61 Å². The molecule has 6 heteroatoms. The Morgan fingerprint density at radius 3 is 3.00 bits per heavy atom. The molecule has 0 bridgehead atoms. The lowest BCUT2D eigenvalue weighted by molar-refractivity contribution is 0.274. The predicted molar refractivity (Wildman–Crippen MR) is 71.9 cm³/mol. The molecule has 0 radical (unpaired) electrons. The third-order valence-electron chi connectivity index (χ3n) is 2.88. The fourth-order valence-electron chi connectivity index (χ4n) is 2.03. The maximum absolute atomic E-state index is 11.5. The van der Waals surface area contributed by atoms with Crippen LogP contribution in [0.3, 0.4) is 0 Å². The normalized spacial score (nSPS) is 22.4. The van der Waals surface area contributed by atoms with Crippen LogP contribution in [0.15, 0.2) is 11.1 Å². The molecule has 1 N–H and O–H groups in total. The molecule has 2 rings (SSSR count). The molecule has 1 aliphatic rings. The fraction of sp³-hybridized carbons (Fsp3) is 0.600. The number of aromatic nitrogens is 2. The molecule has 5 nitrogen and oxygen atoms in total. The van der Waals surface area contributed by atoms with Crippen LogP contribution in [0.1, 0.15) is 6.92 Å². The summed E-state index contributed by atoms with van der Waals surface area (Å²) < 4.78 is 0.677. The number of nitrogens with one attached hydrogen (secondary N) is 1. The third-order valence-corrected chi connectivity index (χ3v) is 3.85. The number of aromatic amines is 1. The van der Waals surface area contributed by atoms with Crippen molar-refractivity contribution in [2.45, 2.75) is 13.0 Å². The second-order valence-corrected chi connectivity index (χ2v) is 5.25. The monoisotopic (exact) mass is 334 g/mol. The van der Waals surface area contributed by atoms with Crippen LogP contribution >= 0.6 is 22.6 Å². The van der Waals surface area contributed by atoms with Crippen molar-refractivity contribution in [3.05, 3.63) is 20.3 Å². The molecular weight excluding hydrogens is 319 g/mol. The second-order valence-electron chi connectivity index (χ2n) is 4.17. The van der Waals surface area contributed by atoms with Crippen molar-refractivity contribution in [3.63, 3.8) is 0 Å². The Hall–Kier alpha value is -0.630. The van der Waals surface area contributed by atoms with Crippen molar-refractivity contribution in [3.8, 4) is 0 Å². The first-order valence-corrected chi connectivity index (χ1v) is 6.36. The van der Waals surface area contributed by atoms with E-state index in [9.17, 15) is 4.79 Å². The number of hydrogen-bond donors (Lipinski definition) is 1. The number of likely N-dealkylation sites (N-methyl/N-ethyl adjacent to an activating group) is 1. The molecule has 1 unspecified atom stereocenters. The summed E-state index contributed by atoms with van der Waals surface area (Å²) in [5, 5.41) is 0. The smallest absolute Gasteiger partial charge is 0.266 e. The molecule has 2 heterocycles. The van der Waals surface area contributed by atoms with Crippen LogP contribution in [-0.2, 0) is 0 Å². The lowest BCUT2D eigenvalue weighted by atomic mass is 10.2. The maximum Gasteiger partial charge on any atom is 0.266 e. The van der Waals surface area contributed by atoms with Gasteiger partial charge in [0.05, 0.1) is 6.33 Å². The first kappa shape index (κ1) is 11.8. The topological polar surface area (TPSA) is 52.2 Å². The first-order valence-electron chi connectivity index (χ1n) is 5.28. The number of piperazine rings is 1. The lowest BCUT2D eigenvalue weighted by Gasteiger charge is -2.39. The van der Waals surface area contributed by atoms with Gasteiger partial charge < -0.3 is 14.8 Å². The first-order chi connectivity index (χ1) is 7.59. The van der Waals surface area contributed by atoms with Gasteiger partial charge in [0.15, 0.2) is 0 Å². The Balaban J connectivity index is 2.30. The van der Waals surface area contributed by atoms with Crippen molar-refractivity contribution in [2.75, 3.05) is 31.6 Å². The summed E-state index contributed by atoms with van der Waals surface area (Å²) in [5.41, 5.74) is -0.0586. The second kappa shape index (κ2) is 4.70. The van der Waals surface area contributed by atoms with Crippen LogP contribution in [0.5, 0.6) is 0 Å². The molecule has 16 heavy (non-hydrogen) atoms. The number of anilines is 1. The molecule has 0 aromatic carbocycles. The van der Waals surface area contributed by atoms with Gasteiger partial charge in [-0.25, -0.2) is 4.98 Å². The molecule has 0 aliphatic carbocycles. The molecule has 1 aliphatic heterocycles. The predicted octanol–water partition coefficient (Wildman–Crippen LogP) is 0.515. The summed E-state index contributed by atoms with van der Waals surface area (Å²) >= 11 is 2.06. The van der Waals surface area contributed by atoms with Gasteiger partial charge in [-0.2, -0.15) is 0 Å². The maximum atomic E-state index is 11.5. The summed E-state index contributed by atoms with van der Waals surface area (Å²) in [6, 6.07) is 0.390. The van der Waals surface area contributed by atoms with E-state index in [4.69, 9.17) is 0 Å². The van der Waals surface area contributed by atoms with Crippen LogP contribution < -0.4 is 10.5 Å². The summed E-state index contributed by atoms with van der Waals surface area (Å²) in [4.78, 5) is 22.9. The van der Waals surface area contributed by atoms with E-state index in [2.05, 4.69) is 56.3 Å². The molecule has 0 amide bonds. The van der Waals surface area contributed by atoms with Crippen molar-refractivity contribution in [2.24, 2.45) is 0 Å². The van der Waals surface area contributed by atoms with Crippen LogP contribution in [-0.4, -0.2) is 47.6 Å². The summed E-state index contributed by atoms with van der Waals surface area (Å²) in [6.45, 7) is 5.10. The highest BCUT2D eigenvalue weighted by molar-refractivity contribution is 14.1. The molecule has 1 aromatic rings. The van der Waals surface area contributed by atoms with Gasteiger partial charge in [-0.3, -0.25) is 4.79 Å². The number of rotatable bonds is 1. The average Bonchev–Trinajstić information content (AvgIpc) is 2.23. The highest BCUT2D eigenvalue weighted by atomic mass is 127. The molecule has 0 spiro atoms. The fourth-order valence-corrected chi connectivity index (χ4v) is 2.63. The van der Waals surface area contributed by atoms with E-state index < -0.39 is 0 Å². The molecule has 0 saturated carbocycles. The van der Waals surface area contributed by atoms with Gasteiger partial charge in [-0.1, -0.05) is 0 Å². The number of nitrogens with zero attached hydrogens (tertiary/aromatic N) is 3. The molecule has 1 fully saturated rings. The minimum atomic E-state index is -0.0586. The van der Waals surface area contributed by atoms with Gasteiger partial charge in [0, 0.05) is 25.7 Å². The zero-order chi connectivity index (χ0) is 11.7. The Morgan fingerprint density at radius 2 is 2.31 bits per heavy atom. The van der Waals surface area contributed by atoms with Crippen molar-refractivity contribution < 1.29 is 0 Å². The van der Waals surface area contributed by atoms with Crippen molar-refractivity contribution in [1.82, 2.24) is 14.9 Å². The number of hydrogen-bond acceptors (Lipinski definition) is 4. The number of H-pyrrole nitrogens is 1. The average molecular weight is 334 g/mol. The van der Waals surface area contributed by atoms with Crippen LogP contribution in [0.25, 0.3) is 0 Å². The highest BCUT2D eigenvalue weighted by Gasteiger charge is 2.24. The van der Waals surface area contributed by atoms with E-state index in [1.54, 1.807) is 0 Å². The Bertz CT molecular complexity index is 433. The Labute approximate surface area is 108 Å². The molecular formula is C10H15IN4O. The number of halogens is 1.